The zero-order valence-electron chi connectivity index (χ0n) is 6.45. The maximum absolute atomic E-state index is 5.47. The van der Waals surface area contributed by atoms with Gasteiger partial charge in [0.2, 0.25) is 0 Å². The summed E-state index contributed by atoms with van der Waals surface area (Å²) in [7, 11) is 0. The summed E-state index contributed by atoms with van der Waals surface area (Å²) in [5.41, 5.74) is 2.95. The van der Waals surface area contributed by atoms with Gasteiger partial charge in [0.05, 0.1) is 0 Å². The fourth-order valence-corrected chi connectivity index (χ4v) is 0.680. The maximum atomic E-state index is 5.47. The van der Waals surface area contributed by atoms with E-state index in [1.165, 1.54) is 12.0 Å². The van der Waals surface area contributed by atoms with E-state index in [1.807, 2.05) is 0 Å². The first-order valence-electron chi connectivity index (χ1n) is 3.42. The third-order valence-electron chi connectivity index (χ3n) is 1.30. The van der Waals surface area contributed by atoms with Gasteiger partial charge in [0, 0.05) is 5.54 Å². The standard InChI is InChI=1S/C8H15Cl/c1-7(2)4-5-8(3)6-9/h6-7H,4-5H2,1-3H3. The molecule has 0 aliphatic carbocycles. The molecule has 0 saturated carbocycles. The second kappa shape index (κ2) is 4.87. The fourth-order valence-electron chi connectivity index (χ4n) is 0.571. The van der Waals surface area contributed by atoms with Gasteiger partial charge >= 0.3 is 0 Å². The van der Waals surface area contributed by atoms with Crippen LogP contribution in [0.15, 0.2) is 11.1 Å². The molecule has 0 unspecified atom stereocenters. The Bertz CT molecular complexity index is 92.7. The maximum Gasteiger partial charge on any atom is 0.00316 e. The summed E-state index contributed by atoms with van der Waals surface area (Å²) in [6.07, 6.45) is 2.39. The molecule has 1 heteroatoms. The molecule has 0 bridgehead atoms. The van der Waals surface area contributed by atoms with Crippen LogP contribution in [-0.4, -0.2) is 0 Å². The molecule has 0 aliphatic rings. The van der Waals surface area contributed by atoms with Gasteiger partial charge in [0.15, 0.2) is 0 Å². The van der Waals surface area contributed by atoms with Gasteiger partial charge in [0.25, 0.3) is 0 Å². The van der Waals surface area contributed by atoms with Gasteiger partial charge in [0.1, 0.15) is 0 Å². The lowest BCUT2D eigenvalue weighted by Gasteiger charge is -2.02. The molecule has 0 aromatic carbocycles. The smallest absolute Gasteiger partial charge is 0.00316 e. The van der Waals surface area contributed by atoms with Crippen LogP contribution in [-0.2, 0) is 0 Å². The van der Waals surface area contributed by atoms with Crippen molar-refractivity contribution in [3.05, 3.63) is 11.1 Å². The van der Waals surface area contributed by atoms with Crippen LogP contribution in [0.2, 0.25) is 0 Å². The quantitative estimate of drug-likeness (QED) is 0.571. The molecule has 0 heterocycles. The molecule has 0 fully saturated rings. The lowest BCUT2D eigenvalue weighted by atomic mass is 10.1. The molecular weight excluding hydrogens is 132 g/mol. The van der Waals surface area contributed by atoms with E-state index in [2.05, 4.69) is 20.8 Å². The Balaban J connectivity index is 3.28. The Labute approximate surface area is 62.9 Å². The van der Waals surface area contributed by atoms with Crippen molar-refractivity contribution in [2.24, 2.45) is 5.92 Å². The molecule has 0 rings (SSSR count). The van der Waals surface area contributed by atoms with E-state index < -0.39 is 0 Å². The number of hydrogen-bond donors (Lipinski definition) is 0. The van der Waals surface area contributed by atoms with Crippen LogP contribution in [0.25, 0.3) is 0 Å². The molecule has 0 radical (unpaired) electrons. The Hall–Kier alpha value is 0.0300. The summed E-state index contributed by atoms with van der Waals surface area (Å²) in [4.78, 5) is 0. The van der Waals surface area contributed by atoms with E-state index in [0.717, 1.165) is 12.3 Å². The molecule has 0 atom stereocenters. The molecular formula is C8H15Cl. The van der Waals surface area contributed by atoms with E-state index >= 15 is 0 Å². The molecule has 0 saturated heterocycles. The highest BCUT2D eigenvalue weighted by molar-refractivity contribution is 6.25. The van der Waals surface area contributed by atoms with Gasteiger partial charge in [-0.2, -0.15) is 0 Å². The Kier molecular flexibility index (Phi) is 4.88. The minimum atomic E-state index is 0.788. The molecule has 54 valence electrons. The van der Waals surface area contributed by atoms with Crippen molar-refractivity contribution in [1.29, 1.82) is 0 Å². The van der Waals surface area contributed by atoms with Crippen molar-refractivity contribution in [3.63, 3.8) is 0 Å². The average molecular weight is 147 g/mol. The summed E-state index contributed by atoms with van der Waals surface area (Å²) in [5.74, 6) is 0.788. The Morgan fingerprint density at radius 1 is 1.56 bits per heavy atom. The van der Waals surface area contributed by atoms with Crippen molar-refractivity contribution in [2.45, 2.75) is 33.6 Å². The van der Waals surface area contributed by atoms with Crippen LogP contribution < -0.4 is 0 Å². The van der Waals surface area contributed by atoms with E-state index in [9.17, 15) is 0 Å². The molecule has 9 heavy (non-hydrogen) atoms. The van der Waals surface area contributed by atoms with Crippen LogP contribution in [0.3, 0.4) is 0 Å². The number of halogens is 1. The monoisotopic (exact) mass is 146 g/mol. The van der Waals surface area contributed by atoms with Gasteiger partial charge in [-0.3, -0.25) is 0 Å². The number of hydrogen-bond acceptors (Lipinski definition) is 0. The lowest BCUT2D eigenvalue weighted by molar-refractivity contribution is 0.585. The SMILES string of the molecule is CC(=CCl)CCC(C)C. The first kappa shape index (κ1) is 9.03. The molecule has 0 aromatic rings. The first-order valence-corrected chi connectivity index (χ1v) is 3.86. The van der Waals surface area contributed by atoms with Crippen LogP contribution in [0.1, 0.15) is 33.6 Å². The van der Waals surface area contributed by atoms with E-state index in [1.54, 1.807) is 5.54 Å². The highest BCUT2D eigenvalue weighted by Crippen LogP contribution is 2.10. The third kappa shape index (κ3) is 5.91. The largest absolute Gasteiger partial charge is 0.0930 e. The van der Waals surface area contributed by atoms with Gasteiger partial charge in [-0.25, -0.2) is 0 Å². The highest BCUT2D eigenvalue weighted by atomic mass is 35.5. The zero-order valence-corrected chi connectivity index (χ0v) is 7.20. The van der Waals surface area contributed by atoms with Crippen molar-refractivity contribution in [2.75, 3.05) is 0 Å². The molecule has 0 aromatic heterocycles. The minimum Gasteiger partial charge on any atom is -0.0930 e. The molecule has 0 amide bonds. The Morgan fingerprint density at radius 2 is 2.11 bits per heavy atom. The lowest BCUT2D eigenvalue weighted by Crippen LogP contribution is -1.86. The summed E-state index contributed by atoms with van der Waals surface area (Å²) in [6, 6.07) is 0. The van der Waals surface area contributed by atoms with Gasteiger partial charge in [-0.1, -0.05) is 31.0 Å². The van der Waals surface area contributed by atoms with Crippen LogP contribution >= 0.6 is 11.6 Å². The predicted octanol–water partition coefficient (Wildman–Crippen LogP) is 3.57. The average Bonchev–Trinajstić information content (AvgIpc) is 1.83. The molecule has 0 aliphatic heterocycles. The van der Waals surface area contributed by atoms with Crippen LogP contribution in [0.4, 0.5) is 0 Å². The van der Waals surface area contributed by atoms with Crippen LogP contribution in [0.5, 0.6) is 0 Å². The van der Waals surface area contributed by atoms with Gasteiger partial charge < -0.3 is 0 Å². The predicted molar refractivity (Wildman–Crippen MR) is 43.7 cm³/mol. The molecule has 0 spiro atoms. The zero-order chi connectivity index (χ0) is 7.28. The molecule has 0 N–H and O–H groups in total. The van der Waals surface area contributed by atoms with Crippen molar-refractivity contribution in [3.8, 4) is 0 Å². The summed E-state index contributed by atoms with van der Waals surface area (Å²) in [5, 5.41) is 0. The third-order valence-corrected chi connectivity index (χ3v) is 1.67. The first-order chi connectivity index (χ1) is 4.16. The minimum absolute atomic E-state index is 0.788. The Morgan fingerprint density at radius 3 is 2.44 bits per heavy atom. The number of allylic oxidation sites excluding steroid dienone is 1. The van der Waals surface area contributed by atoms with Gasteiger partial charge in [-0.05, 0) is 25.7 Å². The fraction of sp³-hybridized carbons (Fsp3) is 0.750. The molecule has 0 nitrogen and oxygen atoms in total. The highest BCUT2D eigenvalue weighted by Gasteiger charge is 1.93. The topological polar surface area (TPSA) is 0 Å². The van der Waals surface area contributed by atoms with Crippen molar-refractivity contribution in [1.82, 2.24) is 0 Å². The van der Waals surface area contributed by atoms with E-state index in [4.69, 9.17) is 11.6 Å². The normalized spacial score (nSPS) is 12.8. The summed E-state index contributed by atoms with van der Waals surface area (Å²) in [6.45, 7) is 6.51. The van der Waals surface area contributed by atoms with Crippen molar-refractivity contribution < 1.29 is 0 Å². The summed E-state index contributed by atoms with van der Waals surface area (Å²) < 4.78 is 0. The van der Waals surface area contributed by atoms with Crippen molar-refractivity contribution >= 4 is 11.6 Å². The number of rotatable bonds is 3. The van der Waals surface area contributed by atoms with Crippen LogP contribution in [0, 0.1) is 5.92 Å². The second-order valence-corrected chi connectivity index (χ2v) is 3.11. The van der Waals surface area contributed by atoms with Gasteiger partial charge in [-0.15, -0.1) is 0 Å². The van der Waals surface area contributed by atoms with E-state index in [-0.39, 0.29) is 0 Å². The van der Waals surface area contributed by atoms with E-state index in [0.29, 0.717) is 0 Å². The second-order valence-electron chi connectivity index (χ2n) is 2.89. The summed E-state index contributed by atoms with van der Waals surface area (Å²) >= 11 is 5.47.